The Morgan fingerprint density at radius 3 is 2.67 bits per heavy atom. The zero-order chi connectivity index (χ0) is 17.2. The third-order valence-electron chi connectivity index (χ3n) is 4.17. The highest BCUT2D eigenvalue weighted by Crippen LogP contribution is 2.28. The Bertz CT molecular complexity index is 516. The minimum Gasteiger partial charge on any atom is -0.497 e. The number of nitrogens with one attached hydrogen (secondary N) is 2. The fourth-order valence-electron chi connectivity index (χ4n) is 2.83. The topological polar surface area (TPSA) is 68.8 Å². The second-order valence-electron chi connectivity index (χ2n) is 5.93. The van der Waals surface area contributed by atoms with Gasteiger partial charge in [0.25, 0.3) is 0 Å². The largest absolute Gasteiger partial charge is 0.497 e. The molecule has 0 bridgehead atoms. The first-order valence-electron chi connectivity index (χ1n) is 8.61. The summed E-state index contributed by atoms with van der Waals surface area (Å²) in [6.07, 6.45) is 7.43. The summed E-state index contributed by atoms with van der Waals surface area (Å²) in [5, 5.41) is 5.61. The van der Waals surface area contributed by atoms with E-state index in [9.17, 15) is 4.79 Å². The van der Waals surface area contributed by atoms with E-state index in [2.05, 4.69) is 10.6 Å². The minimum absolute atomic E-state index is 0.265. The molecule has 0 aliphatic heterocycles. The lowest BCUT2D eigenvalue weighted by Crippen LogP contribution is -2.30. The summed E-state index contributed by atoms with van der Waals surface area (Å²) in [7, 11) is 3.14. The number of benzene rings is 1. The van der Waals surface area contributed by atoms with E-state index in [4.69, 9.17) is 14.2 Å². The molecule has 0 radical (unpaired) electrons. The number of urea groups is 1. The first kappa shape index (κ1) is 18.4. The van der Waals surface area contributed by atoms with Gasteiger partial charge in [0.05, 0.1) is 26.0 Å². The molecule has 0 heterocycles. The van der Waals surface area contributed by atoms with Crippen LogP contribution in [0, 0.1) is 0 Å². The summed E-state index contributed by atoms with van der Waals surface area (Å²) >= 11 is 0. The molecule has 1 aromatic carbocycles. The van der Waals surface area contributed by atoms with Crippen LogP contribution in [-0.2, 0) is 4.74 Å². The summed E-state index contributed by atoms with van der Waals surface area (Å²) < 4.78 is 16.2. The molecule has 1 saturated carbocycles. The Kier molecular flexibility index (Phi) is 7.68. The molecule has 1 aliphatic carbocycles. The van der Waals surface area contributed by atoms with Gasteiger partial charge in [-0.1, -0.05) is 19.3 Å². The van der Waals surface area contributed by atoms with Crippen LogP contribution < -0.4 is 20.1 Å². The van der Waals surface area contributed by atoms with Gasteiger partial charge in [-0.05, 0) is 31.4 Å². The molecule has 1 fully saturated rings. The van der Waals surface area contributed by atoms with Crippen molar-refractivity contribution in [2.45, 2.75) is 44.6 Å². The van der Waals surface area contributed by atoms with Crippen molar-refractivity contribution in [2.75, 3.05) is 32.7 Å². The average Bonchev–Trinajstić information content (AvgIpc) is 2.62. The number of amides is 2. The molecule has 2 N–H and O–H groups in total. The van der Waals surface area contributed by atoms with Gasteiger partial charge in [-0.25, -0.2) is 4.79 Å². The molecular formula is C18H28N2O4. The maximum atomic E-state index is 12.0. The summed E-state index contributed by atoms with van der Waals surface area (Å²) in [6.45, 7) is 1.26. The quantitative estimate of drug-likeness (QED) is 0.712. The SMILES string of the molecule is COc1ccc(OC)c(NC(=O)NCCCOC2CCCCC2)c1. The van der Waals surface area contributed by atoms with Crippen LogP contribution in [0.2, 0.25) is 0 Å². The molecule has 0 spiro atoms. The van der Waals surface area contributed by atoms with Crippen LogP contribution in [-0.4, -0.2) is 39.5 Å². The third-order valence-corrected chi connectivity index (χ3v) is 4.17. The fourth-order valence-corrected chi connectivity index (χ4v) is 2.83. The van der Waals surface area contributed by atoms with Crippen LogP contribution in [0.25, 0.3) is 0 Å². The number of hydrogen-bond acceptors (Lipinski definition) is 4. The van der Waals surface area contributed by atoms with E-state index in [0.29, 0.717) is 36.4 Å². The van der Waals surface area contributed by atoms with Crippen molar-refractivity contribution in [3.63, 3.8) is 0 Å². The Morgan fingerprint density at radius 2 is 1.96 bits per heavy atom. The lowest BCUT2D eigenvalue weighted by molar-refractivity contribution is 0.0276. The number of ether oxygens (including phenoxy) is 3. The van der Waals surface area contributed by atoms with Crippen molar-refractivity contribution in [1.82, 2.24) is 5.32 Å². The number of rotatable bonds is 8. The predicted molar refractivity (Wildman–Crippen MR) is 94.0 cm³/mol. The zero-order valence-corrected chi connectivity index (χ0v) is 14.6. The Hall–Kier alpha value is -1.95. The number of carbonyl (C=O) groups is 1. The van der Waals surface area contributed by atoms with Crippen LogP contribution in [0.4, 0.5) is 10.5 Å². The van der Waals surface area contributed by atoms with Gasteiger partial charge in [-0.15, -0.1) is 0 Å². The minimum atomic E-state index is -0.265. The fraction of sp³-hybridized carbons (Fsp3) is 0.611. The van der Waals surface area contributed by atoms with E-state index < -0.39 is 0 Å². The second kappa shape index (κ2) is 10.0. The standard InChI is InChI=1S/C18H28N2O4/c1-22-15-9-10-17(23-2)16(13-15)20-18(21)19-11-6-12-24-14-7-4-3-5-8-14/h9-10,13-14H,3-8,11-12H2,1-2H3,(H2,19,20,21). The van der Waals surface area contributed by atoms with E-state index in [-0.39, 0.29) is 6.03 Å². The molecule has 0 saturated heterocycles. The molecule has 134 valence electrons. The van der Waals surface area contributed by atoms with Crippen molar-refractivity contribution in [2.24, 2.45) is 0 Å². The molecule has 2 amide bonds. The zero-order valence-electron chi connectivity index (χ0n) is 14.6. The summed E-state index contributed by atoms with van der Waals surface area (Å²) in [5.41, 5.74) is 0.577. The van der Waals surface area contributed by atoms with Gasteiger partial charge < -0.3 is 24.8 Å². The number of methoxy groups -OCH3 is 2. The van der Waals surface area contributed by atoms with Gasteiger partial charge >= 0.3 is 6.03 Å². The molecule has 1 aromatic rings. The molecule has 24 heavy (non-hydrogen) atoms. The Labute approximate surface area is 143 Å². The molecule has 2 rings (SSSR count). The van der Waals surface area contributed by atoms with Crippen molar-refractivity contribution >= 4 is 11.7 Å². The highest BCUT2D eigenvalue weighted by molar-refractivity contribution is 5.91. The van der Waals surface area contributed by atoms with E-state index in [1.165, 1.54) is 32.1 Å². The number of carbonyl (C=O) groups excluding carboxylic acids is 1. The first-order chi connectivity index (χ1) is 11.7. The second-order valence-corrected chi connectivity index (χ2v) is 5.93. The van der Waals surface area contributed by atoms with E-state index >= 15 is 0 Å². The van der Waals surface area contributed by atoms with Gasteiger partial charge in [-0.2, -0.15) is 0 Å². The van der Waals surface area contributed by atoms with Crippen LogP contribution >= 0.6 is 0 Å². The van der Waals surface area contributed by atoms with E-state index in [1.54, 1.807) is 32.4 Å². The Morgan fingerprint density at radius 1 is 1.17 bits per heavy atom. The summed E-state index contributed by atoms with van der Waals surface area (Å²) in [4.78, 5) is 12.0. The number of anilines is 1. The van der Waals surface area contributed by atoms with Gasteiger partial charge in [-0.3, -0.25) is 0 Å². The van der Waals surface area contributed by atoms with Crippen LogP contribution in [0.15, 0.2) is 18.2 Å². The van der Waals surface area contributed by atoms with Crippen molar-refractivity contribution in [3.05, 3.63) is 18.2 Å². The van der Waals surface area contributed by atoms with Crippen LogP contribution in [0.3, 0.4) is 0 Å². The molecule has 6 heteroatoms. The normalized spacial score (nSPS) is 14.9. The lowest BCUT2D eigenvalue weighted by atomic mass is 9.98. The van der Waals surface area contributed by atoms with Crippen molar-refractivity contribution in [1.29, 1.82) is 0 Å². The maximum absolute atomic E-state index is 12.0. The van der Waals surface area contributed by atoms with Crippen LogP contribution in [0.5, 0.6) is 11.5 Å². The average molecular weight is 336 g/mol. The summed E-state index contributed by atoms with van der Waals surface area (Å²) in [5.74, 6) is 1.25. The smallest absolute Gasteiger partial charge is 0.319 e. The highest BCUT2D eigenvalue weighted by atomic mass is 16.5. The highest BCUT2D eigenvalue weighted by Gasteiger charge is 2.13. The summed E-state index contributed by atoms with van der Waals surface area (Å²) in [6, 6.07) is 5.00. The van der Waals surface area contributed by atoms with Gasteiger partial charge in [0.2, 0.25) is 0 Å². The predicted octanol–water partition coefficient (Wildman–Crippen LogP) is 3.56. The monoisotopic (exact) mass is 336 g/mol. The van der Waals surface area contributed by atoms with Gasteiger partial charge in [0.1, 0.15) is 11.5 Å². The van der Waals surface area contributed by atoms with E-state index in [1.807, 2.05) is 0 Å². The Balaban J connectivity index is 1.67. The van der Waals surface area contributed by atoms with E-state index in [0.717, 1.165) is 6.42 Å². The molecule has 0 unspecified atom stereocenters. The molecule has 0 atom stereocenters. The molecule has 1 aliphatic rings. The molecule has 6 nitrogen and oxygen atoms in total. The lowest BCUT2D eigenvalue weighted by Gasteiger charge is -2.21. The molecule has 0 aromatic heterocycles. The third kappa shape index (κ3) is 5.92. The van der Waals surface area contributed by atoms with Gasteiger partial charge in [0, 0.05) is 19.2 Å². The van der Waals surface area contributed by atoms with Crippen molar-refractivity contribution in [3.8, 4) is 11.5 Å². The van der Waals surface area contributed by atoms with Gasteiger partial charge in [0.15, 0.2) is 0 Å². The number of hydrogen-bond donors (Lipinski definition) is 2. The first-order valence-corrected chi connectivity index (χ1v) is 8.61. The van der Waals surface area contributed by atoms with Crippen molar-refractivity contribution < 1.29 is 19.0 Å². The maximum Gasteiger partial charge on any atom is 0.319 e. The molecular weight excluding hydrogens is 308 g/mol. The van der Waals surface area contributed by atoms with Crippen LogP contribution in [0.1, 0.15) is 38.5 Å².